The molecule has 0 radical (unpaired) electrons. The van der Waals surface area contributed by atoms with E-state index >= 15 is 0 Å². The maximum absolute atomic E-state index is 9.17. The zero-order valence-corrected chi connectivity index (χ0v) is 11.0. The molecule has 2 atom stereocenters. The van der Waals surface area contributed by atoms with Crippen LogP contribution in [-0.4, -0.2) is 36.5 Å². The van der Waals surface area contributed by atoms with Crippen molar-refractivity contribution >= 4 is 40.3 Å². The molecule has 1 saturated heterocycles. The molecule has 0 bridgehead atoms. The minimum absolute atomic E-state index is 0.128. The molecule has 18 heavy (non-hydrogen) atoms. The standard InChI is InChI=1S/C10H12ClN5OS/c11-10-14-8(12)7-9(15-10)16(4-13-7)6-2-1-5(3-17)18-6/h4-6,17H,1-3H2,(H2,12,14,15)/t5-,6+/m1/s1. The lowest BCUT2D eigenvalue weighted by atomic mass is 10.2. The van der Waals surface area contributed by atoms with E-state index in [1.54, 1.807) is 18.1 Å². The Morgan fingerprint density at radius 1 is 1.50 bits per heavy atom. The van der Waals surface area contributed by atoms with Gasteiger partial charge in [0.2, 0.25) is 5.28 Å². The van der Waals surface area contributed by atoms with Crippen LogP contribution in [0.1, 0.15) is 18.2 Å². The monoisotopic (exact) mass is 285 g/mol. The number of nitrogens with zero attached hydrogens (tertiary/aromatic N) is 4. The van der Waals surface area contributed by atoms with Crippen molar-refractivity contribution < 1.29 is 5.11 Å². The second kappa shape index (κ2) is 4.56. The van der Waals surface area contributed by atoms with E-state index in [0.29, 0.717) is 17.0 Å². The molecular formula is C10H12ClN5OS. The molecule has 2 aromatic rings. The normalized spacial score (nSPS) is 23.9. The predicted molar refractivity (Wildman–Crippen MR) is 71.5 cm³/mol. The first-order valence-electron chi connectivity index (χ1n) is 5.61. The highest BCUT2D eigenvalue weighted by molar-refractivity contribution is 8.00. The average molecular weight is 286 g/mol. The number of fused-ring (bicyclic) bond motifs is 1. The molecule has 2 aromatic heterocycles. The lowest BCUT2D eigenvalue weighted by Crippen LogP contribution is -2.04. The minimum Gasteiger partial charge on any atom is -0.395 e. The van der Waals surface area contributed by atoms with Crippen LogP contribution in [0.3, 0.4) is 0 Å². The fourth-order valence-corrected chi connectivity index (χ4v) is 3.68. The first-order valence-corrected chi connectivity index (χ1v) is 6.93. The van der Waals surface area contributed by atoms with E-state index in [1.807, 2.05) is 4.57 Å². The van der Waals surface area contributed by atoms with Gasteiger partial charge in [0.15, 0.2) is 11.5 Å². The van der Waals surface area contributed by atoms with Crippen molar-refractivity contribution in [1.29, 1.82) is 0 Å². The van der Waals surface area contributed by atoms with Gasteiger partial charge >= 0.3 is 0 Å². The van der Waals surface area contributed by atoms with Gasteiger partial charge in [-0.1, -0.05) is 0 Å². The Kier molecular flexibility index (Phi) is 3.04. The number of aromatic nitrogens is 4. The van der Waals surface area contributed by atoms with Gasteiger partial charge in [0.05, 0.1) is 18.3 Å². The number of aliphatic hydroxyl groups excluding tert-OH is 1. The molecule has 1 aliphatic rings. The van der Waals surface area contributed by atoms with Gasteiger partial charge in [-0.05, 0) is 24.4 Å². The molecule has 8 heteroatoms. The molecule has 96 valence electrons. The second-order valence-electron chi connectivity index (χ2n) is 4.17. The Labute approximate surface area is 113 Å². The van der Waals surface area contributed by atoms with Gasteiger partial charge in [-0.2, -0.15) is 9.97 Å². The van der Waals surface area contributed by atoms with E-state index in [1.165, 1.54) is 0 Å². The number of nitrogen functional groups attached to an aromatic ring is 1. The molecule has 0 aromatic carbocycles. The van der Waals surface area contributed by atoms with E-state index < -0.39 is 0 Å². The first kappa shape index (κ1) is 12.0. The fourth-order valence-electron chi connectivity index (χ4n) is 2.15. The number of hydrogen-bond donors (Lipinski definition) is 2. The van der Waals surface area contributed by atoms with Gasteiger partial charge in [0, 0.05) is 5.25 Å². The Bertz CT molecular complexity index is 589. The smallest absolute Gasteiger partial charge is 0.226 e. The number of nitrogens with two attached hydrogens (primary N) is 1. The Morgan fingerprint density at radius 3 is 3.06 bits per heavy atom. The summed E-state index contributed by atoms with van der Waals surface area (Å²) >= 11 is 7.55. The van der Waals surface area contributed by atoms with E-state index in [2.05, 4.69) is 15.0 Å². The van der Waals surface area contributed by atoms with E-state index in [9.17, 15) is 5.11 Å². The summed E-state index contributed by atoms with van der Waals surface area (Å²) in [5, 5.41) is 9.80. The van der Waals surface area contributed by atoms with Gasteiger partial charge in [0.25, 0.3) is 0 Å². The summed E-state index contributed by atoms with van der Waals surface area (Å²) in [5.74, 6) is 0.297. The summed E-state index contributed by atoms with van der Waals surface area (Å²) in [6.45, 7) is 0.200. The van der Waals surface area contributed by atoms with Crippen LogP contribution in [0.5, 0.6) is 0 Å². The molecule has 3 N–H and O–H groups in total. The molecule has 0 spiro atoms. The predicted octanol–water partition coefficient (Wildman–Crippen LogP) is 1.45. The SMILES string of the molecule is Nc1nc(Cl)nc2c1ncn2[C@@H]1CC[C@H](CO)S1. The number of aliphatic hydroxyl groups is 1. The number of halogens is 1. The van der Waals surface area contributed by atoms with Crippen LogP contribution in [-0.2, 0) is 0 Å². The molecule has 0 aliphatic carbocycles. The number of hydrogen-bond acceptors (Lipinski definition) is 6. The van der Waals surface area contributed by atoms with E-state index in [-0.39, 0.29) is 22.5 Å². The van der Waals surface area contributed by atoms with Crippen LogP contribution in [0.15, 0.2) is 6.33 Å². The number of imidazole rings is 1. The van der Waals surface area contributed by atoms with Crippen LogP contribution < -0.4 is 5.73 Å². The number of rotatable bonds is 2. The summed E-state index contributed by atoms with van der Waals surface area (Å²) < 4.78 is 1.96. The van der Waals surface area contributed by atoms with E-state index in [4.69, 9.17) is 17.3 Å². The van der Waals surface area contributed by atoms with Gasteiger partial charge in [-0.15, -0.1) is 11.8 Å². The Hall–Kier alpha value is -1.05. The van der Waals surface area contributed by atoms with Gasteiger partial charge in [0.1, 0.15) is 5.52 Å². The van der Waals surface area contributed by atoms with Crippen LogP contribution in [0.4, 0.5) is 5.82 Å². The van der Waals surface area contributed by atoms with Gasteiger partial charge in [-0.3, -0.25) is 0 Å². The van der Waals surface area contributed by atoms with Crippen molar-refractivity contribution in [3.63, 3.8) is 0 Å². The highest BCUT2D eigenvalue weighted by atomic mass is 35.5. The first-order chi connectivity index (χ1) is 8.69. The van der Waals surface area contributed by atoms with Crippen molar-refractivity contribution in [3.05, 3.63) is 11.6 Å². The molecule has 1 fully saturated rings. The summed E-state index contributed by atoms with van der Waals surface area (Å²) in [6, 6.07) is 0. The summed E-state index contributed by atoms with van der Waals surface area (Å²) in [5.41, 5.74) is 7.00. The fraction of sp³-hybridized carbons (Fsp3) is 0.500. The third-order valence-electron chi connectivity index (χ3n) is 3.02. The molecule has 6 nitrogen and oxygen atoms in total. The van der Waals surface area contributed by atoms with Gasteiger partial charge in [-0.25, -0.2) is 4.98 Å². The maximum Gasteiger partial charge on any atom is 0.226 e. The van der Waals surface area contributed by atoms with Crippen molar-refractivity contribution in [2.75, 3.05) is 12.3 Å². The van der Waals surface area contributed by atoms with E-state index in [0.717, 1.165) is 12.8 Å². The minimum atomic E-state index is 0.128. The van der Waals surface area contributed by atoms with Crippen molar-refractivity contribution in [2.24, 2.45) is 0 Å². The molecule has 0 saturated carbocycles. The largest absolute Gasteiger partial charge is 0.395 e. The topological polar surface area (TPSA) is 89.9 Å². The summed E-state index contributed by atoms with van der Waals surface area (Å²) in [7, 11) is 0. The number of anilines is 1. The second-order valence-corrected chi connectivity index (χ2v) is 6.00. The van der Waals surface area contributed by atoms with Crippen molar-refractivity contribution in [1.82, 2.24) is 19.5 Å². The van der Waals surface area contributed by atoms with Crippen LogP contribution >= 0.6 is 23.4 Å². The lowest BCUT2D eigenvalue weighted by molar-refractivity contribution is 0.292. The maximum atomic E-state index is 9.17. The zero-order chi connectivity index (χ0) is 12.7. The van der Waals surface area contributed by atoms with Crippen molar-refractivity contribution in [3.8, 4) is 0 Å². The molecule has 3 heterocycles. The molecule has 0 amide bonds. The average Bonchev–Trinajstić information content (AvgIpc) is 2.93. The zero-order valence-electron chi connectivity index (χ0n) is 9.45. The Morgan fingerprint density at radius 2 is 2.33 bits per heavy atom. The molecule has 1 aliphatic heterocycles. The third kappa shape index (κ3) is 1.92. The molecular weight excluding hydrogens is 274 g/mol. The number of thioether (sulfide) groups is 1. The highest BCUT2D eigenvalue weighted by Gasteiger charge is 2.27. The van der Waals surface area contributed by atoms with Crippen molar-refractivity contribution in [2.45, 2.75) is 23.5 Å². The highest BCUT2D eigenvalue weighted by Crippen LogP contribution is 2.42. The molecule has 3 rings (SSSR count). The lowest BCUT2D eigenvalue weighted by Gasteiger charge is -2.12. The summed E-state index contributed by atoms with van der Waals surface area (Å²) in [6.07, 6.45) is 3.67. The van der Waals surface area contributed by atoms with Crippen LogP contribution in [0.2, 0.25) is 5.28 Å². The summed E-state index contributed by atoms with van der Waals surface area (Å²) in [4.78, 5) is 12.3. The quantitative estimate of drug-likeness (QED) is 0.812. The third-order valence-corrected chi connectivity index (χ3v) is 4.74. The van der Waals surface area contributed by atoms with Gasteiger partial charge < -0.3 is 15.4 Å². The molecule has 0 unspecified atom stereocenters. The Balaban J connectivity index is 2.03. The van der Waals surface area contributed by atoms with Crippen LogP contribution in [0, 0.1) is 0 Å². The van der Waals surface area contributed by atoms with Crippen LogP contribution in [0.25, 0.3) is 11.2 Å².